The van der Waals surface area contributed by atoms with Crippen LogP contribution in [0.3, 0.4) is 0 Å². The van der Waals surface area contributed by atoms with Gasteiger partial charge in [-0.1, -0.05) is 35.6 Å². The SMILES string of the molecule is C=CCN(CC)CCCI. The number of alkyl halides is 1. The fourth-order valence-electron chi connectivity index (χ4n) is 0.844. The number of halogens is 1. The van der Waals surface area contributed by atoms with Crippen LogP contribution in [0, 0.1) is 0 Å². The molecule has 0 amide bonds. The molecule has 0 aromatic heterocycles. The Labute approximate surface area is 77.6 Å². The zero-order valence-corrected chi connectivity index (χ0v) is 8.80. The molecule has 0 saturated carbocycles. The van der Waals surface area contributed by atoms with Crippen LogP contribution in [-0.4, -0.2) is 29.0 Å². The van der Waals surface area contributed by atoms with Crippen LogP contribution in [0.2, 0.25) is 0 Å². The van der Waals surface area contributed by atoms with Gasteiger partial charge in [0, 0.05) is 11.0 Å². The van der Waals surface area contributed by atoms with E-state index in [9.17, 15) is 0 Å². The summed E-state index contributed by atoms with van der Waals surface area (Å²) in [6.07, 6.45) is 3.26. The van der Waals surface area contributed by atoms with Gasteiger partial charge in [0.25, 0.3) is 0 Å². The van der Waals surface area contributed by atoms with Gasteiger partial charge in [-0.05, 0) is 19.5 Å². The lowest BCUT2D eigenvalue weighted by atomic mass is 10.4. The van der Waals surface area contributed by atoms with Crippen molar-refractivity contribution in [3.05, 3.63) is 12.7 Å². The molecular weight excluding hydrogens is 237 g/mol. The van der Waals surface area contributed by atoms with Gasteiger partial charge in [0.2, 0.25) is 0 Å². The van der Waals surface area contributed by atoms with Crippen LogP contribution in [-0.2, 0) is 0 Å². The summed E-state index contributed by atoms with van der Waals surface area (Å²) in [5, 5.41) is 0. The average Bonchev–Trinajstić information content (AvgIpc) is 1.98. The molecule has 0 bridgehead atoms. The fraction of sp³-hybridized carbons (Fsp3) is 0.750. The molecule has 0 aromatic carbocycles. The molecule has 0 unspecified atom stereocenters. The van der Waals surface area contributed by atoms with Crippen molar-refractivity contribution in [1.82, 2.24) is 4.90 Å². The van der Waals surface area contributed by atoms with E-state index in [-0.39, 0.29) is 0 Å². The molecule has 0 aliphatic heterocycles. The van der Waals surface area contributed by atoms with E-state index in [1.54, 1.807) is 0 Å². The summed E-state index contributed by atoms with van der Waals surface area (Å²) in [4.78, 5) is 2.39. The van der Waals surface area contributed by atoms with Crippen LogP contribution in [0.1, 0.15) is 13.3 Å². The Kier molecular flexibility index (Phi) is 7.86. The van der Waals surface area contributed by atoms with Crippen molar-refractivity contribution < 1.29 is 0 Å². The first-order valence-electron chi connectivity index (χ1n) is 3.74. The zero-order valence-electron chi connectivity index (χ0n) is 6.65. The van der Waals surface area contributed by atoms with Crippen LogP contribution >= 0.6 is 22.6 Å². The van der Waals surface area contributed by atoms with Crippen molar-refractivity contribution >= 4 is 22.6 Å². The van der Waals surface area contributed by atoms with Gasteiger partial charge in [0.05, 0.1) is 0 Å². The molecule has 0 aliphatic rings. The molecule has 0 spiro atoms. The third kappa shape index (κ3) is 5.23. The quantitative estimate of drug-likeness (QED) is 0.399. The topological polar surface area (TPSA) is 3.24 Å². The molecule has 0 rings (SSSR count). The van der Waals surface area contributed by atoms with Gasteiger partial charge in [0.1, 0.15) is 0 Å². The number of hydrogen-bond donors (Lipinski definition) is 0. The first kappa shape index (κ1) is 10.4. The number of rotatable bonds is 6. The zero-order chi connectivity index (χ0) is 7.82. The Morgan fingerprint density at radius 3 is 2.70 bits per heavy atom. The van der Waals surface area contributed by atoms with Crippen LogP contribution in [0.15, 0.2) is 12.7 Å². The highest BCUT2D eigenvalue weighted by Crippen LogP contribution is 1.94. The molecular formula is C8H16IN. The van der Waals surface area contributed by atoms with Gasteiger partial charge in [0.15, 0.2) is 0 Å². The van der Waals surface area contributed by atoms with Gasteiger partial charge >= 0.3 is 0 Å². The molecule has 0 aliphatic carbocycles. The largest absolute Gasteiger partial charge is 0.300 e. The van der Waals surface area contributed by atoms with Gasteiger partial charge < -0.3 is 0 Å². The average molecular weight is 253 g/mol. The Morgan fingerprint density at radius 2 is 2.30 bits per heavy atom. The maximum Gasteiger partial charge on any atom is 0.0160 e. The van der Waals surface area contributed by atoms with Crippen LogP contribution in [0.4, 0.5) is 0 Å². The second-order valence-corrected chi connectivity index (χ2v) is 3.30. The molecule has 0 N–H and O–H groups in total. The van der Waals surface area contributed by atoms with Crippen molar-refractivity contribution in [1.29, 1.82) is 0 Å². The highest BCUT2D eigenvalue weighted by Gasteiger charge is 1.96. The molecule has 60 valence electrons. The lowest BCUT2D eigenvalue weighted by Gasteiger charge is -2.16. The number of hydrogen-bond acceptors (Lipinski definition) is 1. The monoisotopic (exact) mass is 253 g/mol. The minimum atomic E-state index is 1.03. The number of likely N-dealkylation sites (N-methyl/N-ethyl adjacent to an activating group) is 1. The van der Waals surface area contributed by atoms with Gasteiger partial charge in [-0.3, -0.25) is 4.90 Å². The van der Waals surface area contributed by atoms with Crippen molar-refractivity contribution in [2.75, 3.05) is 24.1 Å². The van der Waals surface area contributed by atoms with Crippen LogP contribution < -0.4 is 0 Å². The van der Waals surface area contributed by atoms with E-state index in [1.807, 2.05) is 6.08 Å². The maximum absolute atomic E-state index is 3.71. The van der Waals surface area contributed by atoms with Crippen molar-refractivity contribution in [3.8, 4) is 0 Å². The molecule has 2 heteroatoms. The van der Waals surface area contributed by atoms with E-state index < -0.39 is 0 Å². The van der Waals surface area contributed by atoms with E-state index in [0.29, 0.717) is 0 Å². The second-order valence-electron chi connectivity index (χ2n) is 2.22. The molecule has 0 fully saturated rings. The summed E-state index contributed by atoms with van der Waals surface area (Å²) in [6, 6.07) is 0. The first-order valence-corrected chi connectivity index (χ1v) is 5.27. The smallest absolute Gasteiger partial charge is 0.0160 e. The van der Waals surface area contributed by atoms with E-state index >= 15 is 0 Å². The highest BCUT2D eigenvalue weighted by atomic mass is 127. The molecule has 0 atom stereocenters. The standard InChI is InChI=1S/C8H16IN/c1-3-7-10(4-2)8-5-6-9/h3H,1,4-8H2,2H3. The molecule has 0 radical (unpaired) electrons. The normalized spacial score (nSPS) is 10.3. The fourth-order valence-corrected chi connectivity index (χ4v) is 1.19. The second kappa shape index (κ2) is 7.54. The molecule has 1 nitrogen and oxygen atoms in total. The van der Waals surface area contributed by atoms with E-state index in [4.69, 9.17) is 0 Å². The van der Waals surface area contributed by atoms with Crippen molar-refractivity contribution in [2.45, 2.75) is 13.3 Å². The van der Waals surface area contributed by atoms with Gasteiger partial charge in [-0.25, -0.2) is 0 Å². The molecule has 0 saturated heterocycles. The summed E-state index contributed by atoms with van der Waals surface area (Å²) in [5.41, 5.74) is 0. The molecule has 0 heterocycles. The summed E-state index contributed by atoms with van der Waals surface area (Å²) in [6.45, 7) is 9.29. The Hall–Kier alpha value is 0.430. The summed E-state index contributed by atoms with van der Waals surface area (Å²) in [5.74, 6) is 0. The lowest BCUT2D eigenvalue weighted by molar-refractivity contribution is 0.321. The molecule has 10 heavy (non-hydrogen) atoms. The maximum atomic E-state index is 3.71. The van der Waals surface area contributed by atoms with E-state index in [2.05, 4.69) is 41.0 Å². The summed E-state index contributed by atoms with van der Waals surface area (Å²) < 4.78 is 1.26. The summed E-state index contributed by atoms with van der Waals surface area (Å²) in [7, 11) is 0. The lowest BCUT2D eigenvalue weighted by Crippen LogP contribution is -2.24. The number of nitrogens with zero attached hydrogens (tertiary/aromatic N) is 1. The minimum absolute atomic E-state index is 1.03. The highest BCUT2D eigenvalue weighted by molar-refractivity contribution is 14.1. The first-order chi connectivity index (χ1) is 4.85. The van der Waals surface area contributed by atoms with E-state index in [1.165, 1.54) is 17.4 Å². The predicted molar refractivity (Wildman–Crippen MR) is 55.8 cm³/mol. The van der Waals surface area contributed by atoms with Gasteiger partial charge in [-0.15, -0.1) is 6.58 Å². The van der Waals surface area contributed by atoms with Crippen molar-refractivity contribution in [3.63, 3.8) is 0 Å². The Bertz CT molecular complexity index is 83.3. The minimum Gasteiger partial charge on any atom is -0.300 e. The van der Waals surface area contributed by atoms with Crippen molar-refractivity contribution in [2.24, 2.45) is 0 Å². The van der Waals surface area contributed by atoms with Gasteiger partial charge in [-0.2, -0.15) is 0 Å². The third-order valence-electron chi connectivity index (χ3n) is 1.44. The Morgan fingerprint density at radius 1 is 1.60 bits per heavy atom. The summed E-state index contributed by atoms with van der Waals surface area (Å²) >= 11 is 2.41. The van der Waals surface area contributed by atoms with Crippen LogP contribution in [0.5, 0.6) is 0 Å². The van der Waals surface area contributed by atoms with E-state index in [0.717, 1.165) is 13.1 Å². The predicted octanol–water partition coefficient (Wildman–Crippen LogP) is 2.32. The van der Waals surface area contributed by atoms with Crippen LogP contribution in [0.25, 0.3) is 0 Å². The Balaban J connectivity index is 3.29. The molecule has 0 aromatic rings. The third-order valence-corrected chi connectivity index (χ3v) is 2.21.